The minimum atomic E-state index is 0.174. The molecule has 1 amide bonds. The fourth-order valence-corrected chi connectivity index (χ4v) is 3.45. The first-order valence-electron chi connectivity index (χ1n) is 7.04. The highest BCUT2D eigenvalue weighted by Gasteiger charge is 2.25. The zero-order chi connectivity index (χ0) is 14.7. The predicted octanol–water partition coefficient (Wildman–Crippen LogP) is 1.79. The molecule has 1 atom stereocenters. The maximum Gasteiger partial charge on any atom is 0.228 e. The minimum absolute atomic E-state index is 0.174. The molecule has 0 radical (unpaired) electrons. The van der Waals surface area contributed by atoms with Crippen molar-refractivity contribution in [3.63, 3.8) is 0 Å². The molecule has 3 rings (SSSR count). The molecular weight excluding hydrogens is 286 g/mol. The van der Waals surface area contributed by atoms with Gasteiger partial charge in [0, 0.05) is 37.2 Å². The van der Waals surface area contributed by atoms with Gasteiger partial charge in [-0.25, -0.2) is 4.98 Å². The van der Waals surface area contributed by atoms with E-state index in [-0.39, 0.29) is 5.91 Å². The molecule has 0 N–H and O–H groups in total. The van der Waals surface area contributed by atoms with E-state index in [1.807, 2.05) is 34.9 Å². The van der Waals surface area contributed by atoms with Crippen molar-refractivity contribution in [2.45, 2.75) is 19.5 Å². The molecule has 6 heteroatoms. The number of carbonyl (C=O) groups is 1. The van der Waals surface area contributed by atoms with E-state index in [0.717, 1.165) is 23.7 Å². The van der Waals surface area contributed by atoms with Gasteiger partial charge in [-0.15, -0.1) is 11.3 Å². The standard InChI is InChI=1S/C15H19N3O2S/c1-20-10-12-7-17(9-13-6-16-11-18(13)8-12)15(19)5-14-3-2-4-21-14/h2-4,6,11-12H,5,7-10H2,1H3/t12-/m0/s1. The van der Waals surface area contributed by atoms with Crippen molar-refractivity contribution in [2.75, 3.05) is 20.3 Å². The molecule has 5 nitrogen and oxygen atoms in total. The van der Waals surface area contributed by atoms with Gasteiger partial charge >= 0.3 is 0 Å². The van der Waals surface area contributed by atoms with E-state index in [9.17, 15) is 4.79 Å². The van der Waals surface area contributed by atoms with Crippen LogP contribution in [0.1, 0.15) is 10.6 Å². The van der Waals surface area contributed by atoms with Crippen LogP contribution in [0.25, 0.3) is 0 Å². The van der Waals surface area contributed by atoms with Crippen molar-refractivity contribution in [2.24, 2.45) is 5.92 Å². The summed E-state index contributed by atoms with van der Waals surface area (Å²) in [7, 11) is 1.71. The first-order valence-corrected chi connectivity index (χ1v) is 7.92. The number of ether oxygens (including phenoxy) is 1. The highest BCUT2D eigenvalue weighted by molar-refractivity contribution is 7.10. The lowest BCUT2D eigenvalue weighted by Crippen LogP contribution is -2.36. The van der Waals surface area contributed by atoms with E-state index < -0.39 is 0 Å². The summed E-state index contributed by atoms with van der Waals surface area (Å²) in [4.78, 5) is 19.8. The Morgan fingerprint density at radius 1 is 1.52 bits per heavy atom. The Morgan fingerprint density at radius 2 is 2.43 bits per heavy atom. The summed E-state index contributed by atoms with van der Waals surface area (Å²) in [5.74, 6) is 0.478. The van der Waals surface area contributed by atoms with Crippen molar-refractivity contribution in [1.29, 1.82) is 0 Å². The second-order valence-corrected chi connectivity index (χ2v) is 6.42. The molecule has 112 valence electrons. The third kappa shape index (κ3) is 3.33. The van der Waals surface area contributed by atoms with Gasteiger partial charge in [-0.05, 0) is 11.4 Å². The van der Waals surface area contributed by atoms with Crippen LogP contribution in [-0.2, 0) is 29.0 Å². The van der Waals surface area contributed by atoms with Crippen LogP contribution in [0.5, 0.6) is 0 Å². The molecule has 21 heavy (non-hydrogen) atoms. The summed E-state index contributed by atoms with van der Waals surface area (Å²) >= 11 is 1.63. The van der Waals surface area contributed by atoms with Crippen LogP contribution in [0, 0.1) is 5.92 Å². The number of carbonyl (C=O) groups excluding carboxylic acids is 1. The molecule has 0 saturated heterocycles. The van der Waals surface area contributed by atoms with Gasteiger partial charge in [-0.1, -0.05) is 6.07 Å². The number of methoxy groups -OCH3 is 1. The van der Waals surface area contributed by atoms with E-state index in [1.54, 1.807) is 18.4 Å². The van der Waals surface area contributed by atoms with Crippen LogP contribution >= 0.6 is 11.3 Å². The van der Waals surface area contributed by atoms with Crippen molar-refractivity contribution < 1.29 is 9.53 Å². The molecule has 0 aromatic carbocycles. The molecule has 0 bridgehead atoms. The van der Waals surface area contributed by atoms with Gasteiger partial charge in [-0.2, -0.15) is 0 Å². The Morgan fingerprint density at radius 3 is 3.19 bits per heavy atom. The topological polar surface area (TPSA) is 47.4 Å². The van der Waals surface area contributed by atoms with Crippen molar-refractivity contribution in [3.05, 3.63) is 40.6 Å². The molecule has 1 aliphatic rings. The smallest absolute Gasteiger partial charge is 0.228 e. The number of rotatable bonds is 4. The van der Waals surface area contributed by atoms with E-state index in [4.69, 9.17) is 4.74 Å². The van der Waals surface area contributed by atoms with Crippen LogP contribution in [0.3, 0.4) is 0 Å². The van der Waals surface area contributed by atoms with Crippen molar-refractivity contribution in [1.82, 2.24) is 14.5 Å². The van der Waals surface area contributed by atoms with Gasteiger partial charge in [0.2, 0.25) is 5.91 Å². The highest BCUT2D eigenvalue weighted by Crippen LogP contribution is 2.18. The largest absolute Gasteiger partial charge is 0.384 e. The summed E-state index contributed by atoms with van der Waals surface area (Å²) in [6.45, 7) is 2.87. The lowest BCUT2D eigenvalue weighted by molar-refractivity contribution is -0.131. The first kappa shape index (κ1) is 14.3. The zero-order valence-corrected chi connectivity index (χ0v) is 12.9. The van der Waals surface area contributed by atoms with Crippen LogP contribution in [-0.4, -0.2) is 40.6 Å². The van der Waals surface area contributed by atoms with Crippen LogP contribution in [0.15, 0.2) is 30.0 Å². The van der Waals surface area contributed by atoms with Gasteiger partial charge in [0.05, 0.1) is 31.6 Å². The van der Waals surface area contributed by atoms with E-state index in [1.165, 1.54) is 0 Å². The normalized spacial score (nSPS) is 18.3. The number of thiophene rings is 1. The number of imidazole rings is 1. The van der Waals surface area contributed by atoms with E-state index in [0.29, 0.717) is 25.5 Å². The molecule has 3 heterocycles. The predicted molar refractivity (Wildman–Crippen MR) is 81.0 cm³/mol. The summed E-state index contributed by atoms with van der Waals surface area (Å²) < 4.78 is 7.42. The molecule has 0 spiro atoms. The fraction of sp³-hybridized carbons (Fsp3) is 0.467. The highest BCUT2D eigenvalue weighted by atomic mass is 32.1. The number of aromatic nitrogens is 2. The molecule has 1 aliphatic heterocycles. The first-order chi connectivity index (χ1) is 10.3. The Labute approximate surface area is 128 Å². The quantitative estimate of drug-likeness (QED) is 0.865. The third-order valence-corrected chi connectivity index (χ3v) is 4.62. The van der Waals surface area contributed by atoms with Gasteiger partial charge in [0.25, 0.3) is 0 Å². The maximum atomic E-state index is 12.6. The molecule has 0 fully saturated rings. The summed E-state index contributed by atoms with van der Waals surface area (Å²) in [6, 6.07) is 4.00. The Kier molecular flexibility index (Phi) is 4.36. The summed E-state index contributed by atoms with van der Waals surface area (Å²) in [6.07, 6.45) is 4.16. The number of hydrogen-bond acceptors (Lipinski definition) is 4. The molecule has 0 saturated carbocycles. The summed E-state index contributed by atoms with van der Waals surface area (Å²) in [5.41, 5.74) is 1.09. The average molecular weight is 305 g/mol. The van der Waals surface area contributed by atoms with Gasteiger partial charge in [0.15, 0.2) is 0 Å². The number of amides is 1. The third-order valence-electron chi connectivity index (χ3n) is 3.75. The van der Waals surface area contributed by atoms with Crippen molar-refractivity contribution >= 4 is 17.2 Å². The monoisotopic (exact) mass is 305 g/mol. The molecule has 0 unspecified atom stereocenters. The minimum Gasteiger partial charge on any atom is -0.384 e. The zero-order valence-electron chi connectivity index (χ0n) is 12.1. The Hall–Kier alpha value is -1.66. The lowest BCUT2D eigenvalue weighted by Gasteiger charge is -2.23. The molecule has 2 aromatic rings. The molecule has 2 aromatic heterocycles. The fourth-order valence-electron chi connectivity index (χ4n) is 2.76. The van der Waals surface area contributed by atoms with Gasteiger partial charge < -0.3 is 14.2 Å². The van der Waals surface area contributed by atoms with E-state index >= 15 is 0 Å². The van der Waals surface area contributed by atoms with Crippen LogP contribution in [0.2, 0.25) is 0 Å². The van der Waals surface area contributed by atoms with Gasteiger partial charge in [0.1, 0.15) is 0 Å². The maximum absolute atomic E-state index is 12.6. The van der Waals surface area contributed by atoms with Gasteiger partial charge in [-0.3, -0.25) is 4.79 Å². The Bertz CT molecular complexity index is 594. The molecule has 0 aliphatic carbocycles. The van der Waals surface area contributed by atoms with Crippen LogP contribution in [0.4, 0.5) is 0 Å². The van der Waals surface area contributed by atoms with Crippen molar-refractivity contribution in [3.8, 4) is 0 Å². The van der Waals surface area contributed by atoms with E-state index in [2.05, 4.69) is 9.55 Å². The van der Waals surface area contributed by atoms with Crippen LogP contribution < -0.4 is 0 Å². The number of fused-ring (bicyclic) bond motifs is 1. The Balaban J connectivity index is 1.75. The lowest BCUT2D eigenvalue weighted by atomic mass is 10.1. The summed E-state index contributed by atoms with van der Waals surface area (Å²) in [5, 5.41) is 2.01. The average Bonchev–Trinajstić information content (AvgIpc) is 3.08. The second-order valence-electron chi connectivity index (χ2n) is 5.39. The second kappa shape index (κ2) is 6.41. The SMILES string of the molecule is COC[C@H]1CN(C(=O)Cc2cccs2)Cc2cncn2C1. The molecular formula is C15H19N3O2S. The number of hydrogen-bond donors (Lipinski definition) is 0. The number of nitrogens with zero attached hydrogens (tertiary/aromatic N) is 3.